The molecule has 4 saturated heterocycles. The van der Waals surface area contributed by atoms with Crippen molar-refractivity contribution in [1.29, 1.82) is 0 Å². The second kappa shape index (κ2) is 3.42. The number of ether oxygens (including phenoxy) is 2. The van der Waals surface area contributed by atoms with E-state index >= 15 is 0 Å². The number of nitrogens with zero attached hydrogens (tertiary/aromatic N) is 1. The van der Waals surface area contributed by atoms with Gasteiger partial charge < -0.3 is 14.6 Å². The van der Waals surface area contributed by atoms with Gasteiger partial charge in [0, 0.05) is 12.1 Å². The van der Waals surface area contributed by atoms with Crippen molar-refractivity contribution in [2.75, 3.05) is 13.2 Å². The monoisotopic (exact) mass is 241 g/mol. The molecule has 0 saturated carbocycles. The van der Waals surface area contributed by atoms with Crippen LogP contribution < -0.4 is 0 Å². The van der Waals surface area contributed by atoms with E-state index in [-0.39, 0.29) is 18.1 Å². The molecule has 0 aliphatic carbocycles. The van der Waals surface area contributed by atoms with Crippen LogP contribution in [0.5, 0.6) is 0 Å². The Bertz CT molecular complexity index is 328. The van der Waals surface area contributed by atoms with Crippen LogP contribution in [0.3, 0.4) is 0 Å². The average Bonchev–Trinajstić information content (AvgIpc) is 2.92. The fraction of sp³-hybridized carbons (Fsp3) is 1.00. The van der Waals surface area contributed by atoms with Crippen LogP contribution >= 0.6 is 0 Å². The Balaban J connectivity index is 1.70. The molecule has 5 atom stereocenters. The van der Waals surface area contributed by atoms with E-state index < -0.39 is 5.79 Å². The smallest absolute Gasteiger partial charge is 0.172 e. The van der Waals surface area contributed by atoms with Crippen LogP contribution in [-0.4, -0.2) is 53.5 Å². The molecule has 5 heteroatoms. The summed E-state index contributed by atoms with van der Waals surface area (Å²) >= 11 is 0. The van der Waals surface area contributed by atoms with Gasteiger partial charge >= 0.3 is 0 Å². The molecular weight excluding hydrogens is 222 g/mol. The molecule has 1 N–H and O–H groups in total. The number of rotatable bonds is 1. The summed E-state index contributed by atoms with van der Waals surface area (Å²) < 4.78 is 11.6. The Morgan fingerprint density at radius 3 is 2.76 bits per heavy atom. The van der Waals surface area contributed by atoms with E-state index in [2.05, 4.69) is 5.06 Å². The Morgan fingerprint density at radius 2 is 2.00 bits per heavy atom. The van der Waals surface area contributed by atoms with E-state index in [9.17, 15) is 5.11 Å². The number of fused-ring (bicyclic) bond motifs is 1. The molecule has 0 aromatic carbocycles. The van der Waals surface area contributed by atoms with Gasteiger partial charge in [-0.15, -0.1) is 0 Å². The molecule has 4 heterocycles. The van der Waals surface area contributed by atoms with Gasteiger partial charge in [0.05, 0.1) is 25.2 Å². The third-order valence-corrected chi connectivity index (χ3v) is 4.85. The summed E-state index contributed by atoms with van der Waals surface area (Å²) in [4.78, 5) is 5.91. The molecule has 96 valence electrons. The first-order valence-corrected chi connectivity index (χ1v) is 6.60. The van der Waals surface area contributed by atoms with Crippen molar-refractivity contribution < 1.29 is 19.4 Å². The van der Waals surface area contributed by atoms with Crippen LogP contribution in [-0.2, 0) is 14.3 Å². The summed E-state index contributed by atoms with van der Waals surface area (Å²) in [5.41, 5.74) is 0. The van der Waals surface area contributed by atoms with Crippen molar-refractivity contribution >= 4 is 0 Å². The highest BCUT2D eigenvalue weighted by atomic mass is 16.8. The van der Waals surface area contributed by atoms with Crippen molar-refractivity contribution in [1.82, 2.24) is 5.06 Å². The second-order valence-electron chi connectivity index (χ2n) is 5.77. The molecule has 0 aromatic rings. The number of hydrogen-bond acceptors (Lipinski definition) is 5. The third-order valence-electron chi connectivity index (χ3n) is 4.85. The highest BCUT2D eigenvalue weighted by molar-refractivity contribution is 5.07. The Kier molecular flexibility index (Phi) is 2.15. The standard InChI is InChI=1S/C12H19NO4/c1-12(15-4-5-16-12)10-8-3-2-7-6-9(14)11(10)17-13(7)8/h7-11,14H,2-6H2,1H3/t7-,8-,9-,10+,11+/m1/s1. The summed E-state index contributed by atoms with van der Waals surface area (Å²) in [7, 11) is 0. The van der Waals surface area contributed by atoms with E-state index in [1.54, 1.807) is 0 Å². The summed E-state index contributed by atoms with van der Waals surface area (Å²) in [6, 6.07) is 0.742. The van der Waals surface area contributed by atoms with E-state index in [1.807, 2.05) is 6.92 Å². The zero-order chi connectivity index (χ0) is 11.6. The first-order chi connectivity index (χ1) is 8.19. The average molecular weight is 241 g/mol. The lowest BCUT2D eigenvalue weighted by Gasteiger charge is -2.37. The summed E-state index contributed by atoms with van der Waals surface area (Å²) in [5, 5.41) is 12.3. The minimum Gasteiger partial charge on any atom is -0.390 e. The number of aliphatic hydroxyl groups excluding tert-OH is 1. The van der Waals surface area contributed by atoms with E-state index in [4.69, 9.17) is 14.3 Å². The number of aliphatic hydroxyl groups is 1. The Hall–Kier alpha value is -0.200. The molecule has 2 bridgehead atoms. The minimum absolute atomic E-state index is 0.132. The Morgan fingerprint density at radius 1 is 1.24 bits per heavy atom. The molecule has 0 amide bonds. The van der Waals surface area contributed by atoms with Gasteiger partial charge in [-0.25, -0.2) is 0 Å². The summed E-state index contributed by atoms with van der Waals surface area (Å²) in [6.45, 7) is 3.29. The summed E-state index contributed by atoms with van der Waals surface area (Å²) in [5.74, 6) is -0.447. The van der Waals surface area contributed by atoms with Crippen LogP contribution in [0.25, 0.3) is 0 Å². The van der Waals surface area contributed by atoms with E-state index in [0.717, 1.165) is 19.3 Å². The SMILES string of the molecule is CC1([C@@H]2[C@H]3ON4[C@H](CC[C@H]24)C[C@H]3O)OCCO1. The predicted octanol–water partition coefficient (Wildman–Crippen LogP) is 0.277. The maximum absolute atomic E-state index is 10.2. The van der Waals surface area contributed by atoms with Gasteiger partial charge in [0.25, 0.3) is 0 Å². The quantitative estimate of drug-likeness (QED) is 0.714. The molecule has 0 radical (unpaired) electrons. The van der Waals surface area contributed by atoms with Crippen molar-refractivity contribution in [2.45, 2.75) is 56.3 Å². The van der Waals surface area contributed by atoms with Gasteiger partial charge in [0.2, 0.25) is 0 Å². The van der Waals surface area contributed by atoms with Gasteiger partial charge in [-0.3, -0.25) is 4.84 Å². The number of hydrogen-bond donors (Lipinski definition) is 1. The maximum atomic E-state index is 10.2. The topological polar surface area (TPSA) is 51.2 Å². The Labute approximate surface area is 101 Å². The van der Waals surface area contributed by atoms with Crippen LogP contribution in [0, 0.1) is 5.92 Å². The van der Waals surface area contributed by atoms with E-state index in [0.29, 0.717) is 25.3 Å². The molecule has 4 fully saturated rings. The molecule has 5 nitrogen and oxygen atoms in total. The minimum atomic E-state index is -0.579. The second-order valence-corrected chi connectivity index (χ2v) is 5.77. The summed E-state index contributed by atoms with van der Waals surface area (Å²) in [6.07, 6.45) is 2.53. The maximum Gasteiger partial charge on any atom is 0.172 e. The van der Waals surface area contributed by atoms with Gasteiger partial charge in [-0.2, -0.15) is 5.06 Å². The lowest BCUT2D eigenvalue weighted by Crippen LogP contribution is -2.49. The molecule has 4 aliphatic rings. The van der Waals surface area contributed by atoms with Crippen LogP contribution in [0.1, 0.15) is 26.2 Å². The lowest BCUT2D eigenvalue weighted by atomic mass is 9.82. The molecule has 0 aromatic heterocycles. The fourth-order valence-corrected chi connectivity index (χ4v) is 4.13. The molecule has 0 unspecified atom stereocenters. The fourth-order valence-electron chi connectivity index (χ4n) is 4.13. The first kappa shape index (κ1) is 10.7. The highest BCUT2D eigenvalue weighted by Crippen LogP contribution is 2.51. The van der Waals surface area contributed by atoms with Crippen molar-refractivity contribution in [3.05, 3.63) is 0 Å². The van der Waals surface area contributed by atoms with Gasteiger partial charge in [-0.05, 0) is 26.2 Å². The zero-order valence-corrected chi connectivity index (χ0v) is 10.0. The molecule has 0 spiro atoms. The molecular formula is C12H19NO4. The van der Waals surface area contributed by atoms with Crippen molar-refractivity contribution in [3.63, 3.8) is 0 Å². The molecule has 4 rings (SSSR count). The van der Waals surface area contributed by atoms with Crippen LogP contribution in [0.2, 0.25) is 0 Å². The van der Waals surface area contributed by atoms with Crippen molar-refractivity contribution in [3.8, 4) is 0 Å². The van der Waals surface area contributed by atoms with Crippen molar-refractivity contribution in [2.24, 2.45) is 5.92 Å². The first-order valence-electron chi connectivity index (χ1n) is 6.60. The third kappa shape index (κ3) is 1.32. The largest absolute Gasteiger partial charge is 0.390 e. The predicted molar refractivity (Wildman–Crippen MR) is 57.9 cm³/mol. The van der Waals surface area contributed by atoms with Crippen LogP contribution in [0.4, 0.5) is 0 Å². The number of hydroxylamine groups is 2. The van der Waals surface area contributed by atoms with Gasteiger partial charge in [-0.1, -0.05) is 0 Å². The van der Waals surface area contributed by atoms with Gasteiger partial charge in [0.15, 0.2) is 5.79 Å². The molecule has 4 aliphatic heterocycles. The zero-order valence-electron chi connectivity index (χ0n) is 10.0. The highest BCUT2D eigenvalue weighted by Gasteiger charge is 2.63. The van der Waals surface area contributed by atoms with Crippen LogP contribution in [0.15, 0.2) is 0 Å². The molecule has 17 heavy (non-hydrogen) atoms. The normalized spacial score (nSPS) is 52.2. The van der Waals surface area contributed by atoms with E-state index in [1.165, 1.54) is 0 Å². The van der Waals surface area contributed by atoms with Gasteiger partial charge in [0.1, 0.15) is 6.10 Å². The lowest BCUT2D eigenvalue weighted by molar-refractivity contribution is -0.246.